The van der Waals surface area contributed by atoms with Crippen LogP contribution in [0.1, 0.15) is 20.8 Å². The van der Waals surface area contributed by atoms with Gasteiger partial charge >= 0.3 is 0 Å². The van der Waals surface area contributed by atoms with Crippen LogP contribution in [0.15, 0.2) is 94.3 Å². The molecular formula is C24H27N5S2. The summed E-state index contributed by atoms with van der Waals surface area (Å²) in [5, 5.41) is 3.02. The molecule has 0 saturated carbocycles. The number of anilines is 1. The summed E-state index contributed by atoms with van der Waals surface area (Å²) in [5.74, 6) is 0.386. The molecular weight excluding hydrogens is 422 g/mol. The van der Waals surface area contributed by atoms with Crippen LogP contribution in [-0.2, 0) is 0 Å². The van der Waals surface area contributed by atoms with E-state index in [2.05, 4.69) is 46.9 Å². The minimum atomic E-state index is 0.114. The van der Waals surface area contributed by atoms with Gasteiger partial charge in [-0.25, -0.2) is 9.98 Å². The van der Waals surface area contributed by atoms with Crippen molar-refractivity contribution < 1.29 is 0 Å². The number of nitrogens with two attached hydrogens (primary N) is 1. The fourth-order valence-corrected chi connectivity index (χ4v) is 4.23. The normalized spacial score (nSPS) is 11.6. The standard InChI is InChI=1S/C13H13N3.C11H14N2S2/c14-13(15-11-7-3-1-4-8-11)16-12-9-5-2-6-10-12;1-11(2,3)13-15-10-12-8-6-4-5-7-9(8)14-10/h1-10H,(H3,14,15,16);4-7,13H,1-3H3. The average Bonchev–Trinajstić information content (AvgIpc) is 3.17. The predicted octanol–water partition coefficient (Wildman–Crippen LogP) is 6.44. The third kappa shape index (κ3) is 8.05. The van der Waals surface area contributed by atoms with Crippen LogP contribution in [0.2, 0.25) is 0 Å². The Hall–Kier alpha value is -2.87. The van der Waals surface area contributed by atoms with Crippen molar-refractivity contribution in [2.75, 3.05) is 5.32 Å². The van der Waals surface area contributed by atoms with Gasteiger partial charge in [-0.3, -0.25) is 4.72 Å². The summed E-state index contributed by atoms with van der Waals surface area (Å²) in [7, 11) is 0. The molecule has 0 bridgehead atoms. The number of rotatable bonds is 4. The number of nitrogens with one attached hydrogen (secondary N) is 2. The lowest BCUT2D eigenvalue weighted by Gasteiger charge is -2.17. The van der Waals surface area contributed by atoms with Crippen molar-refractivity contribution >= 4 is 50.8 Å². The Morgan fingerprint density at radius 1 is 0.903 bits per heavy atom. The molecule has 4 rings (SSSR count). The SMILES string of the molecule is CC(C)(C)NSc1nc2ccccc2s1.NC(=Nc1ccccc1)Nc1ccccc1. The molecule has 1 heterocycles. The molecule has 0 aliphatic carbocycles. The number of fused-ring (bicyclic) bond motifs is 1. The van der Waals surface area contributed by atoms with Gasteiger partial charge in [-0.2, -0.15) is 0 Å². The van der Waals surface area contributed by atoms with Gasteiger partial charge in [-0.1, -0.05) is 48.5 Å². The molecule has 7 heteroatoms. The molecule has 4 aromatic rings. The smallest absolute Gasteiger partial charge is 0.198 e. The molecule has 0 spiro atoms. The molecule has 5 nitrogen and oxygen atoms in total. The first-order chi connectivity index (χ1) is 14.9. The number of benzene rings is 3. The van der Waals surface area contributed by atoms with Crippen LogP contribution in [0, 0.1) is 0 Å². The Balaban J connectivity index is 0.000000176. The lowest BCUT2D eigenvalue weighted by Crippen LogP contribution is -2.29. The highest BCUT2D eigenvalue weighted by Gasteiger charge is 2.11. The highest BCUT2D eigenvalue weighted by Crippen LogP contribution is 2.28. The summed E-state index contributed by atoms with van der Waals surface area (Å²) in [6.45, 7) is 6.44. The fourth-order valence-electron chi connectivity index (χ4n) is 2.43. The second kappa shape index (κ2) is 10.9. The summed E-state index contributed by atoms with van der Waals surface area (Å²) < 4.78 is 5.68. The maximum absolute atomic E-state index is 5.78. The van der Waals surface area contributed by atoms with Crippen molar-refractivity contribution in [3.63, 3.8) is 0 Å². The first-order valence-corrected chi connectivity index (χ1v) is 11.5. The van der Waals surface area contributed by atoms with E-state index in [9.17, 15) is 0 Å². The molecule has 0 fully saturated rings. The highest BCUT2D eigenvalue weighted by molar-refractivity contribution is 7.99. The Labute approximate surface area is 192 Å². The van der Waals surface area contributed by atoms with Crippen molar-refractivity contribution in [1.29, 1.82) is 0 Å². The van der Waals surface area contributed by atoms with E-state index < -0.39 is 0 Å². The van der Waals surface area contributed by atoms with Gasteiger partial charge in [0.15, 0.2) is 10.3 Å². The third-order valence-corrected chi connectivity index (χ3v) is 6.08. The molecule has 0 atom stereocenters. The molecule has 31 heavy (non-hydrogen) atoms. The lowest BCUT2D eigenvalue weighted by atomic mass is 10.1. The van der Waals surface area contributed by atoms with Gasteiger partial charge in [0.1, 0.15) is 0 Å². The largest absolute Gasteiger partial charge is 0.369 e. The van der Waals surface area contributed by atoms with E-state index in [4.69, 9.17) is 5.73 Å². The van der Waals surface area contributed by atoms with E-state index in [0.717, 1.165) is 21.2 Å². The molecule has 0 aliphatic heterocycles. The summed E-state index contributed by atoms with van der Waals surface area (Å²) in [6, 6.07) is 27.5. The van der Waals surface area contributed by atoms with Crippen molar-refractivity contribution in [1.82, 2.24) is 9.71 Å². The summed E-state index contributed by atoms with van der Waals surface area (Å²) in [4.78, 5) is 8.77. The van der Waals surface area contributed by atoms with Gasteiger partial charge < -0.3 is 11.1 Å². The van der Waals surface area contributed by atoms with E-state index >= 15 is 0 Å². The van der Waals surface area contributed by atoms with Crippen LogP contribution in [0.5, 0.6) is 0 Å². The van der Waals surface area contributed by atoms with E-state index in [0.29, 0.717) is 5.96 Å². The molecule has 1 aromatic heterocycles. The van der Waals surface area contributed by atoms with Crippen LogP contribution in [0.3, 0.4) is 0 Å². The second-order valence-corrected chi connectivity index (χ2v) is 9.81. The van der Waals surface area contributed by atoms with Gasteiger partial charge in [-0.05, 0) is 69.1 Å². The quantitative estimate of drug-likeness (QED) is 0.190. The minimum Gasteiger partial charge on any atom is -0.369 e. The average molecular weight is 450 g/mol. The third-order valence-electron chi connectivity index (χ3n) is 3.77. The molecule has 4 N–H and O–H groups in total. The highest BCUT2D eigenvalue weighted by atomic mass is 32.2. The van der Waals surface area contributed by atoms with Crippen molar-refractivity contribution in [2.24, 2.45) is 10.7 Å². The van der Waals surface area contributed by atoms with Gasteiger partial charge in [0.25, 0.3) is 0 Å². The predicted molar refractivity (Wildman–Crippen MR) is 136 cm³/mol. The first kappa shape index (κ1) is 22.8. The number of aromatic nitrogens is 1. The zero-order valence-corrected chi connectivity index (χ0v) is 19.5. The van der Waals surface area contributed by atoms with Gasteiger partial charge in [0, 0.05) is 11.2 Å². The number of nitrogens with zero attached hydrogens (tertiary/aromatic N) is 2. The molecule has 0 unspecified atom stereocenters. The molecule has 0 amide bonds. The molecule has 0 saturated heterocycles. The van der Waals surface area contributed by atoms with Crippen molar-refractivity contribution in [3.8, 4) is 0 Å². The van der Waals surface area contributed by atoms with Gasteiger partial charge in [-0.15, -0.1) is 11.3 Å². The van der Waals surface area contributed by atoms with Crippen LogP contribution in [0.4, 0.5) is 11.4 Å². The monoisotopic (exact) mass is 449 g/mol. The maximum atomic E-state index is 5.78. The Morgan fingerprint density at radius 2 is 1.52 bits per heavy atom. The number of aliphatic imine (C=N–C) groups is 1. The number of hydrogen-bond acceptors (Lipinski definition) is 5. The Bertz CT molecular complexity index is 1070. The van der Waals surface area contributed by atoms with Gasteiger partial charge in [0.2, 0.25) is 0 Å². The molecule has 3 aromatic carbocycles. The second-order valence-electron chi connectivity index (χ2n) is 7.73. The van der Waals surface area contributed by atoms with Crippen LogP contribution < -0.4 is 15.8 Å². The van der Waals surface area contributed by atoms with Crippen LogP contribution >= 0.6 is 23.3 Å². The molecule has 160 valence electrons. The number of guanidine groups is 1. The van der Waals surface area contributed by atoms with Crippen molar-refractivity contribution in [2.45, 2.75) is 30.6 Å². The summed E-state index contributed by atoms with van der Waals surface area (Å²) >= 11 is 3.34. The first-order valence-electron chi connectivity index (χ1n) is 9.90. The Kier molecular flexibility index (Phi) is 8.06. The lowest BCUT2D eigenvalue weighted by molar-refractivity contribution is 0.535. The minimum absolute atomic E-state index is 0.114. The Morgan fingerprint density at radius 3 is 2.16 bits per heavy atom. The van der Waals surface area contributed by atoms with E-state index in [1.807, 2.05) is 78.9 Å². The number of para-hydroxylation sites is 3. The van der Waals surface area contributed by atoms with Crippen molar-refractivity contribution in [3.05, 3.63) is 84.9 Å². The maximum Gasteiger partial charge on any atom is 0.198 e. The molecule has 0 radical (unpaired) electrons. The van der Waals surface area contributed by atoms with Crippen LogP contribution in [0.25, 0.3) is 10.2 Å². The fraction of sp³-hybridized carbons (Fsp3) is 0.167. The topological polar surface area (TPSA) is 75.3 Å². The zero-order valence-electron chi connectivity index (χ0n) is 17.9. The van der Waals surface area contributed by atoms with Crippen LogP contribution in [-0.4, -0.2) is 16.5 Å². The van der Waals surface area contributed by atoms with E-state index in [1.54, 1.807) is 23.3 Å². The number of hydrogen-bond donors (Lipinski definition) is 3. The summed E-state index contributed by atoms with van der Waals surface area (Å²) in [5.41, 5.74) is 8.74. The molecule has 0 aliphatic rings. The zero-order chi connectivity index (χ0) is 22.1. The van der Waals surface area contributed by atoms with E-state index in [-0.39, 0.29) is 5.54 Å². The summed E-state index contributed by atoms with van der Waals surface area (Å²) in [6.07, 6.45) is 0. The van der Waals surface area contributed by atoms with Gasteiger partial charge in [0.05, 0.1) is 15.9 Å². The van der Waals surface area contributed by atoms with E-state index in [1.165, 1.54) is 4.70 Å². The number of thiazole rings is 1.